The van der Waals surface area contributed by atoms with E-state index in [1.807, 2.05) is 45.9 Å². The van der Waals surface area contributed by atoms with Gasteiger partial charge < -0.3 is 14.6 Å². The monoisotopic (exact) mass is 238 g/mol. The molecule has 1 aromatic rings. The summed E-state index contributed by atoms with van der Waals surface area (Å²) >= 11 is 0. The molecule has 1 N–H and O–H groups in total. The summed E-state index contributed by atoms with van der Waals surface area (Å²) < 4.78 is 10.8. The van der Waals surface area contributed by atoms with Gasteiger partial charge in [0.2, 0.25) is 0 Å². The molecule has 0 saturated heterocycles. The lowest BCUT2D eigenvalue weighted by molar-refractivity contribution is -0.191. The molecule has 1 unspecified atom stereocenters. The molecule has 0 aliphatic carbocycles. The fourth-order valence-electron chi connectivity index (χ4n) is 1.80. The molecule has 0 saturated carbocycles. The Kier molecular flexibility index (Phi) is 5.62. The smallest absolute Gasteiger partial charge is 0.187 e. The van der Waals surface area contributed by atoms with Crippen molar-refractivity contribution in [1.29, 1.82) is 0 Å². The van der Waals surface area contributed by atoms with Gasteiger partial charge in [-0.25, -0.2) is 0 Å². The van der Waals surface area contributed by atoms with E-state index in [4.69, 9.17) is 9.47 Å². The summed E-state index contributed by atoms with van der Waals surface area (Å²) in [5.41, 5.74) is 3.12. The molecule has 0 aliphatic heterocycles. The number of aliphatic hydroxyl groups is 1. The van der Waals surface area contributed by atoms with Gasteiger partial charge in [0, 0.05) is 13.2 Å². The van der Waals surface area contributed by atoms with Crippen molar-refractivity contribution in [3.05, 3.63) is 34.9 Å². The van der Waals surface area contributed by atoms with Crippen molar-refractivity contribution in [2.24, 2.45) is 0 Å². The van der Waals surface area contributed by atoms with Gasteiger partial charge in [-0.15, -0.1) is 0 Å². The highest BCUT2D eigenvalue weighted by molar-refractivity contribution is 5.34. The first kappa shape index (κ1) is 14.2. The van der Waals surface area contributed by atoms with Crippen LogP contribution in [0.1, 0.15) is 36.6 Å². The topological polar surface area (TPSA) is 38.7 Å². The summed E-state index contributed by atoms with van der Waals surface area (Å²) in [7, 11) is 0. The summed E-state index contributed by atoms with van der Waals surface area (Å²) in [5.74, 6) is 0. The Morgan fingerprint density at radius 3 is 2.24 bits per heavy atom. The maximum atomic E-state index is 10.3. The van der Waals surface area contributed by atoms with Crippen molar-refractivity contribution in [2.75, 3.05) is 13.2 Å². The Morgan fingerprint density at radius 2 is 1.71 bits per heavy atom. The van der Waals surface area contributed by atoms with Gasteiger partial charge in [-0.05, 0) is 44.4 Å². The third-order valence-electron chi connectivity index (χ3n) is 2.88. The quantitative estimate of drug-likeness (QED) is 0.774. The van der Waals surface area contributed by atoms with Crippen LogP contribution in [0.15, 0.2) is 18.2 Å². The molecule has 0 amide bonds. The average Bonchev–Trinajstić information content (AvgIpc) is 2.31. The van der Waals surface area contributed by atoms with Crippen LogP contribution in [0.4, 0.5) is 0 Å². The zero-order valence-electron chi connectivity index (χ0n) is 11.1. The molecule has 0 fully saturated rings. The molecule has 0 bridgehead atoms. The number of ether oxygens (including phenoxy) is 2. The highest BCUT2D eigenvalue weighted by atomic mass is 16.7. The molecule has 17 heavy (non-hydrogen) atoms. The first-order chi connectivity index (χ1) is 8.11. The van der Waals surface area contributed by atoms with Crippen molar-refractivity contribution in [3.8, 4) is 0 Å². The molecular weight excluding hydrogens is 216 g/mol. The van der Waals surface area contributed by atoms with Crippen LogP contribution in [0.5, 0.6) is 0 Å². The van der Waals surface area contributed by atoms with E-state index in [-0.39, 0.29) is 0 Å². The summed E-state index contributed by atoms with van der Waals surface area (Å²) in [5, 5.41) is 10.3. The Hall–Kier alpha value is -0.900. The Labute approximate surface area is 103 Å². The lowest BCUT2D eigenvalue weighted by atomic mass is 9.99. The standard InChI is InChI=1S/C14H22O3/c1-5-16-14(17-6-2)13(15)12-9-7-8-10(3)11(12)4/h7-9,13-15H,5-6H2,1-4H3. The third kappa shape index (κ3) is 3.53. The predicted octanol–water partition coefficient (Wildman–Crippen LogP) is 2.74. The summed E-state index contributed by atoms with van der Waals surface area (Å²) in [6.45, 7) is 8.85. The SMILES string of the molecule is CCOC(OCC)C(O)c1cccc(C)c1C. The van der Waals surface area contributed by atoms with Gasteiger partial charge in [0.25, 0.3) is 0 Å². The van der Waals surface area contributed by atoms with E-state index in [9.17, 15) is 5.11 Å². The second-order valence-corrected chi connectivity index (χ2v) is 4.01. The van der Waals surface area contributed by atoms with Crippen molar-refractivity contribution < 1.29 is 14.6 Å². The van der Waals surface area contributed by atoms with Gasteiger partial charge in [0.1, 0.15) is 6.10 Å². The molecule has 0 aromatic heterocycles. The van der Waals surface area contributed by atoms with Crippen LogP contribution in [-0.4, -0.2) is 24.6 Å². The van der Waals surface area contributed by atoms with Crippen LogP contribution in [0.2, 0.25) is 0 Å². The summed E-state index contributed by atoms with van der Waals surface area (Å²) in [6.07, 6.45) is -1.33. The minimum atomic E-state index is -0.741. The van der Waals surface area contributed by atoms with E-state index >= 15 is 0 Å². The lowest BCUT2D eigenvalue weighted by Crippen LogP contribution is -2.26. The molecule has 0 radical (unpaired) electrons. The fraction of sp³-hybridized carbons (Fsp3) is 0.571. The molecule has 0 heterocycles. The molecule has 1 aromatic carbocycles. The van der Waals surface area contributed by atoms with E-state index < -0.39 is 12.4 Å². The lowest BCUT2D eigenvalue weighted by Gasteiger charge is -2.24. The number of aliphatic hydroxyl groups excluding tert-OH is 1. The van der Waals surface area contributed by atoms with Crippen LogP contribution in [0, 0.1) is 13.8 Å². The first-order valence-electron chi connectivity index (χ1n) is 6.09. The third-order valence-corrected chi connectivity index (χ3v) is 2.88. The largest absolute Gasteiger partial charge is 0.383 e. The highest BCUT2D eigenvalue weighted by Crippen LogP contribution is 2.25. The van der Waals surface area contributed by atoms with Crippen molar-refractivity contribution in [3.63, 3.8) is 0 Å². The maximum Gasteiger partial charge on any atom is 0.187 e. The Morgan fingerprint density at radius 1 is 1.12 bits per heavy atom. The van der Waals surface area contributed by atoms with Gasteiger partial charge in [-0.2, -0.15) is 0 Å². The second-order valence-electron chi connectivity index (χ2n) is 4.01. The number of rotatable bonds is 6. The zero-order valence-corrected chi connectivity index (χ0v) is 11.1. The first-order valence-corrected chi connectivity index (χ1v) is 6.09. The van der Waals surface area contributed by atoms with E-state index in [0.717, 1.165) is 16.7 Å². The highest BCUT2D eigenvalue weighted by Gasteiger charge is 2.23. The molecular formula is C14H22O3. The number of hydrogen-bond donors (Lipinski definition) is 1. The average molecular weight is 238 g/mol. The fourth-order valence-corrected chi connectivity index (χ4v) is 1.80. The predicted molar refractivity (Wildman–Crippen MR) is 67.9 cm³/mol. The number of hydrogen-bond acceptors (Lipinski definition) is 3. The van der Waals surface area contributed by atoms with E-state index in [1.54, 1.807) is 0 Å². The van der Waals surface area contributed by atoms with Crippen LogP contribution in [0.3, 0.4) is 0 Å². The van der Waals surface area contributed by atoms with Gasteiger partial charge in [-0.3, -0.25) is 0 Å². The van der Waals surface area contributed by atoms with Gasteiger partial charge in [0.15, 0.2) is 6.29 Å². The second kappa shape index (κ2) is 6.74. The Bertz CT molecular complexity index is 343. The molecule has 0 spiro atoms. The minimum Gasteiger partial charge on any atom is -0.383 e. The molecule has 3 heteroatoms. The van der Waals surface area contributed by atoms with E-state index in [0.29, 0.717) is 13.2 Å². The van der Waals surface area contributed by atoms with Gasteiger partial charge in [0.05, 0.1) is 0 Å². The normalized spacial score (nSPS) is 13.1. The Balaban J connectivity index is 2.92. The molecule has 1 atom stereocenters. The molecule has 3 nitrogen and oxygen atoms in total. The number of aryl methyl sites for hydroxylation is 1. The van der Waals surface area contributed by atoms with Crippen molar-refractivity contribution in [1.82, 2.24) is 0 Å². The van der Waals surface area contributed by atoms with E-state index in [2.05, 4.69) is 0 Å². The van der Waals surface area contributed by atoms with Crippen molar-refractivity contribution >= 4 is 0 Å². The van der Waals surface area contributed by atoms with Crippen LogP contribution in [0.25, 0.3) is 0 Å². The zero-order chi connectivity index (χ0) is 12.8. The molecule has 0 aliphatic rings. The van der Waals surface area contributed by atoms with Crippen molar-refractivity contribution in [2.45, 2.75) is 40.1 Å². The van der Waals surface area contributed by atoms with Crippen LogP contribution < -0.4 is 0 Å². The summed E-state index contributed by atoms with van der Waals surface area (Å²) in [4.78, 5) is 0. The maximum absolute atomic E-state index is 10.3. The van der Waals surface area contributed by atoms with E-state index in [1.165, 1.54) is 0 Å². The number of benzene rings is 1. The van der Waals surface area contributed by atoms with Crippen LogP contribution in [-0.2, 0) is 9.47 Å². The minimum absolute atomic E-state index is 0.520. The van der Waals surface area contributed by atoms with Gasteiger partial charge in [-0.1, -0.05) is 18.2 Å². The molecule has 1 rings (SSSR count). The van der Waals surface area contributed by atoms with Gasteiger partial charge >= 0.3 is 0 Å². The summed E-state index contributed by atoms with van der Waals surface area (Å²) in [6, 6.07) is 5.88. The van der Waals surface area contributed by atoms with Crippen LogP contribution >= 0.6 is 0 Å². The molecule has 96 valence electrons.